The Bertz CT molecular complexity index is 1310. The van der Waals surface area contributed by atoms with Gasteiger partial charge in [-0.05, 0) is 37.7 Å². The Balaban J connectivity index is 1.71. The number of primary amides is 1. The number of pyridine rings is 1. The number of ether oxygens (including phenoxy) is 1. The van der Waals surface area contributed by atoms with Crippen molar-refractivity contribution in [1.82, 2.24) is 14.7 Å². The zero-order valence-electron chi connectivity index (χ0n) is 17.8. The molecule has 4 aromatic rings. The molecule has 0 bridgehead atoms. The Morgan fingerprint density at radius 3 is 2.76 bits per heavy atom. The van der Waals surface area contributed by atoms with E-state index >= 15 is 0 Å². The molecule has 0 spiro atoms. The summed E-state index contributed by atoms with van der Waals surface area (Å²) in [7, 11) is 1.66. The molecule has 1 unspecified atom stereocenters. The number of nitrogens with one attached hydrogen (secondary N) is 1. The summed E-state index contributed by atoms with van der Waals surface area (Å²) in [6, 6.07) is 11.3. The van der Waals surface area contributed by atoms with Crippen LogP contribution in [0, 0.1) is 0 Å². The lowest BCUT2D eigenvalue weighted by Crippen LogP contribution is -2.17. The summed E-state index contributed by atoms with van der Waals surface area (Å²) >= 11 is 1.11. The average Bonchev–Trinajstić information content (AvgIpc) is 3.37. The van der Waals surface area contributed by atoms with E-state index in [1.165, 1.54) is 13.0 Å². The number of nitrogens with two attached hydrogens (primary N) is 1. The minimum absolute atomic E-state index is 0.0275. The molecule has 6 nitrogen and oxygen atoms in total. The molecular formula is C23H21F3N4O2S. The quantitative estimate of drug-likeness (QED) is 0.393. The Morgan fingerprint density at radius 1 is 1.27 bits per heavy atom. The van der Waals surface area contributed by atoms with Gasteiger partial charge in [0.1, 0.15) is 22.4 Å². The number of imidazole rings is 1. The summed E-state index contributed by atoms with van der Waals surface area (Å²) in [5, 5.41) is 2.84. The molecule has 3 N–H and O–H groups in total. The van der Waals surface area contributed by atoms with Crippen LogP contribution in [0.1, 0.15) is 39.4 Å². The number of fused-ring (bicyclic) bond motifs is 1. The van der Waals surface area contributed by atoms with E-state index in [9.17, 15) is 18.0 Å². The summed E-state index contributed by atoms with van der Waals surface area (Å²) in [6.45, 7) is 1.82. The highest BCUT2D eigenvalue weighted by atomic mass is 32.1. The fourth-order valence-corrected chi connectivity index (χ4v) is 4.60. The Hall–Kier alpha value is -3.37. The van der Waals surface area contributed by atoms with Crippen LogP contribution in [0.15, 0.2) is 54.9 Å². The van der Waals surface area contributed by atoms with Crippen LogP contribution in [-0.4, -0.2) is 22.3 Å². The molecule has 1 aromatic carbocycles. The summed E-state index contributed by atoms with van der Waals surface area (Å²) in [6.07, 6.45) is -2.05. The summed E-state index contributed by atoms with van der Waals surface area (Å²) in [5.41, 5.74) is 6.67. The number of nitrogens with zero attached hydrogens (tertiary/aromatic N) is 2. The predicted octanol–water partition coefficient (Wildman–Crippen LogP) is 5.04. The predicted molar refractivity (Wildman–Crippen MR) is 120 cm³/mol. The van der Waals surface area contributed by atoms with Crippen LogP contribution in [0.25, 0.3) is 16.2 Å². The first-order valence-electron chi connectivity index (χ1n) is 10.1. The average molecular weight is 475 g/mol. The van der Waals surface area contributed by atoms with Crippen LogP contribution in [-0.2, 0) is 12.7 Å². The molecule has 1 amide bonds. The number of hydrogen-bond acceptors (Lipinski definition) is 5. The van der Waals surface area contributed by atoms with E-state index in [1.54, 1.807) is 25.4 Å². The Morgan fingerprint density at radius 2 is 2.06 bits per heavy atom. The number of alkyl halides is 3. The fourth-order valence-electron chi connectivity index (χ4n) is 3.65. The molecule has 0 saturated heterocycles. The van der Waals surface area contributed by atoms with Gasteiger partial charge in [-0.3, -0.25) is 9.20 Å². The van der Waals surface area contributed by atoms with Gasteiger partial charge in [-0.15, -0.1) is 11.3 Å². The van der Waals surface area contributed by atoms with E-state index in [4.69, 9.17) is 10.5 Å². The lowest BCUT2D eigenvalue weighted by molar-refractivity contribution is -0.139. The molecule has 1 atom stereocenters. The van der Waals surface area contributed by atoms with Crippen molar-refractivity contribution in [3.05, 3.63) is 76.4 Å². The van der Waals surface area contributed by atoms with E-state index in [2.05, 4.69) is 10.3 Å². The second kappa shape index (κ2) is 8.87. The number of carbonyl (C=O) groups excluding carboxylic acids is 1. The van der Waals surface area contributed by atoms with Crippen molar-refractivity contribution in [3.8, 4) is 16.3 Å². The Kier molecular flexibility index (Phi) is 6.13. The largest absolute Gasteiger partial charge is 0.484 e. The maximum absolute atomic E-state index is 13.8. The third-order valence-electron chi connectivity index (χ3n) is 5.14. The minimum atomic E-state index is -4.56. The monoisotopic (exact) mass is 474 g/mol. The first kappa shape index (κ1) is 22.8. The molecule has 3 aromatic heterocycles. The maximum Gasteiger partial charge on any atom is 0.416 e. The molecule has 0 fully saturated rings. The van der Waals surface area contributed by atoms with Crippen molar-refractivity contribution in [3.63, 3.8) is 0 Å². The number of hydrogen-bond donors (Lipinski definition) is 2. The third kappa shape index (κ3) is 4.57. The minimum Gasteiger partial charge on any atom is -0.484 e. The van der Waals surface area contributed by atoms with E-state index < -0.39 is 23.8 Å². The first-order valence-corrected chi connectivity index (χ1v) is 10.9. The van der Waals surface area contributed by atoms with Crippen LogP contribution < -0.4 is 15.8 Å². The highest BCUT2D eigenvalue weighted by Gasteiger charge is 2.35. The zero-order chi connectivity index (χ0) is 23.8. The van der Waals surface area contributed by atoms with Crippen molar-refractivity contribution in [2.24, 2.45) is 5.73 Å². The molecule has 0 aliphatic carbocycles. The van der Waals surface area contributed by atoms with Crippen LogP contribution in [0.5, 0.6) is 5.75 Å². The van der Waals surface area contributed by atoms with Crippen LogP contribution >= 0.6 is 11.3 Å². The van der Waals surface area contributed by atoms with Crippen molar-refractivity contribution in [2.45, 2.75) is 25.7 Å². The van der Waals surface area contributed by atoms with Gasteiger partial charge >= 0.3 is 6.18 Å². The van der Waals surface area contributed by atoms with Crippen LogP contribution in [0.2, 0.25) is 0 Å². The molecular weight excluding hydrogens is 453 g/mol. The SMILES string of the molecule is CNCc1ccc(C(C)Oc2cc(-c3cnc4ccccn34)sc2C(N)=O)c(C(F)(F)F)c1. The fraction of sp³-hybridized carbons (Fsp3) is 0.217. The standard InChI is InChI=1S/C23H21F3N4O2S/c1-13(15-7-6-14(11-28-2)9-16(15)23(24,25)26)32-18-10-19(33-21(18)22(27)31)17-12-29-20-5-3-4-8-30(17)20/h3-10,12-13,28H,11H2,1-2H3,(H2,27,31). The molecule has 0 saturated carbocycles. The topological polar surface area (TPSA) is 81.7 Å². The van der Waals surface area contributed by atoms with Crippen LogP contribution in [0.3, 0.4) is 0 Å². The van der Waals surface area contributed by atoms with Crippen molar-refractivity contribution >= 4 is 22.9 Å². The highest BCUT2D eigenvalue weighted by Crippen LogP contribution is 2.41. The van der Waals surface area contributed by atoms with E-state index in [1.807, 2.05) is 28.8 Å². The lowest BCUT2D eigenvalue weighted by Gasteiger charge is -2.20. The van der Waals surface area contributed by atoms with Crippen LogP contribution in [0.4, 0.5) is 13.2 Å². The van der Waals surface area contributed by atoms with Gasteiger partial charge in [-0.1, -0.05) is 18.2 Å². The van der Waals surface area contributed by atoms with Gasteiger partial charge < -0.3 is 15.8 Å². The number of thiophene rings is 1. The maximum atomic E-state index is 13.8. The van der Waals surface area contributed by atoms with Crippen molar-refractivity contribution < 1.29 is 22.7 Å². The molecule has 10 heteroatoms. The van der Waals surface area contributed by atoms with Gasteiger partial charge in [-0.2, -0.15) is 13.2 Å². The van der Waals surface area contributed by atoms with Gasteiger partial charge in [0, 0.05) is 24.4 Å². The summed E-state index contributed by atoms with van der Waals surface area (Å²) < 4.78 is 49.0. The first-order chi connectivity index (χ1) is 15.7. The van der Waals surface area contributed by atoms with Gasteiger partial charge in [0.05, 0.1) is 22.3 Å². The molecule has 33 heavy (non-hydrogen) atoms. The lowest BCUT2D eigenvalue weighted by atomic mass is 9.99. The van der Waals surface area contributed by atoms with Gasteiger partial charge in [0.2, 0.25) is 0 Å². The number of carbonyl (C=O) groups is 1. The molecule has 0 aliphatic heterocycles. The smallest absolute Gasteiger partial charge is 0.416 e. The number of amides is 1. The number of aromatic nitrogens is 2. The summed E-state index contributed by atoms with van der Waals surface area (Å²) in [4.78, 5) is 17.2. The molecule has 0 radical (unpaired) electrons. The van der Waals surface area contributed by atoms with E-state index in [0.29, 0.717) is 28.3 Å². The second-order valence-electron chi connectivity index (χ2n) is 7.45. The molecule has 4 rings (SSSR count). The number of rotatable bonds is 7. The normalized spacial score (nSPS) is 12.8. The molecule has 0 aliphatic rings. The van der Waals surface area contributed by atoms with Crippen molar-refractivity contribution in [2.75, 3.05) is 7.05 Å². The zero-order valence-corrected chi connectivity index (χ0v) is 18.6. The van der Waals surface area contributed by atoms with Crippen molar-refractivity contribution in [1.29, 1.82) is 0 Å². The van der Waals surface area contributed by atoms with E-state index in [0.717, 1.165) is 17.4 Å². The van der Waals surface area contributed by atoms with Gasteiger partial charge in [-0.25, -0.2) is 4.98 Å². The number of benzene rings is 1. The van der Waals surface area contributed by atoms with Gasteiger partial charge in [0.25, 0.3) is 5.91 Å². The number of halogens is 3. The van der Waals surface area contributed by atoms with Gasteiger partial charge in [0.15, 0.2) is 0 Å². The summed E-state index contributed by atoms with van der Waals surface area (Å²) in [5.74, 6) is -0.587. The highest BCUT2D eigenvalue weighted by molar-refractivity contribution is 7.17. The molecule has 172 valence electrons. The molecule has 3 heterocycles. The third-order valence-corrected chi connectivity index (χ3v) is 6.29. The second-order valence-corrected chi connectivity index (χ2v) is 8.50. The van der Waals surface area contributed by atoms with E-state index in [-0.39, 0.29) is 16.2 Å². The Labute approximate surface area is 191 Å².